The van der Waals surface area contributed by atoms with Gasteiger partial charge in [0.2, 0.25) is 0 Å². The summed E-state index contributed by atoms with van der Waals surface area (Å²) < 4.78 is 0. The van der Waals surface area contributed by atoms with Crippen molar-refractivity contribution in [3.8, 4) is 5.75 Å². The molecule has 1 aromatic carbocycles. The highest BCUT2D eigenvalue weighted by molar-refractivity contribution is 5.95. The molecule has 0 radical (unpaired) electrons. The number of carboxylic acids is 1. The van der Waals surface area contributed by atoms with Crippen molar-refractivity contribution in [2.24, 2.45) is 5.92 Å². The quantitative estimate of drug-likeness (QED) is 0.614. The first kappa shape index (κ1) is 14.8. The molecule has 2 amide bonds. The van der Waals surface area contributed by atoms with E-state index in [0.717, 1.165) is 6.42 Å². The van der Waals surface area contributed by atoms with Crippen molar-refractivity contribution in [3.63, 3.8) is 0 Å². The molecular weight excluding hydrogens is 248 g/mol. The lowest BCUT2D eigenvalue weighted by molar-refractivity contribution is 0.0693. The third-order valence-corrected chi connectivity index (χ3v) is 2.79. The molecular formula is C13H18N2O4. The molecule has 19 heavy (non-hydrogen) atoms. The Balaban J connectivity index is 2.64. The minimum Gasteiger partial charge on any atom is -0.507 e. The van der Waals surface area contributed by atoms with Crippen LogP contribution in [0.2, 0.25) is 0 Å². The molecule has 104 valence electrons. The molecule has 0 aromatic heterocycles. The van der Waals surface area contributed by atoms with Gasteiger partial charge in [-0.25, -0.2) is 9.59 Å². The third kappa shape index (κ3) is 4.50. The zero-order chi connectivity index (χ0) is 14.4. The second kappa shape index (κ2) is 6.63. The van der Waals surface area contributed by atoms with E-state index >= 15 is 0 Å². The van der Waals surface area contributed by atoms with E-state index in [-0.39, 0.29) is 11.3 Å². The van der Waals surface area contributed by atoms with Crippen LogP contribution >= 0.6 is 0 Å². The second-order valence-electron chi connectivity index (χ2n) is 4.39. The topological polar surface area (TPSA) is 98.7 Å². The monoisotopic (exact) mass is 266 g/mol. The summed E-state index contributed by atoms with van der Waals surface area (Å²) in [5.74, 6) is -1.21. The molecule has 0 saturated carbocycles. The van der Waals surface area contributed by atoms with Crippen molar-refractivity contribution >= 4 is 17.7 Å². The molecule has 4 N–H and O–H groups in total. The number of carboxylic acid groups (broad SMARTS) is 1. The fraction of sp³-hybridized carbons (Fsp3) is 0.385. The molecule has 0 aliphatic carbocycles. The fourth-order valence-electron chi connectivity index (χ4n) is 1.37. The summed E-state index contributed by atoms with van der Waals surface area (Å²) in [6, 6.07) is 3.47. The standard InChI is InChI=1S/C13H18N2O4/c1-3-8(2)7-14-13(19)15-9-4-5-11(16)10(6-9)12(17)18/h4-6,8,16H,3,7H2,1-2H3,(H,17,18)(H2,14,15,19). The average Bonchev–Trinajstić information content (AvgIpc) is 2.37. The van der Waals surface area contributed by atoms with Crippen LogP contribution in [-0.2, 0) is 0 Å². The molecule has 1 atom stereocenters. The first-order valence-electron chi connectivity index (χ1n) is 6.05. The van der Waals surface area contributed by atoms with Gasteiger partial charge in [0, 0.05) is 12.2 Å². The maximum atomic E-state index is 11.6. The fourth-order valence-corrected chi connectivity index (χ4v) is 1.37. The van der Waals surface area contributed by atoms with Gasteiger partial charge in [-0.1, -0.05) is 20.3 Å². The summed E-state index contributed by atoms with van der Waals surface area (Å²) in [4.78, 5) is 22.4. The van der Waals surface area contributed by atoms with E-state index in [1.807, 2.05) is 13.8 Å². The molecule has 0 heterocycles. The predicted molar refractivity (Wildman–Crippen MR) is 71.5 cm³/mol. The van der Waals surface area contributed by atoms with Gasteiger partial charge in [-0.05, 0) is 24.1 Å². The number of carbonyl (C=O) groups excluding carboxylic acids is 1. The van der Waals surface area contributed by atoms with E-state index in [1.54, 1.807) is 0 Å². The molecule has 0 spiro atoms. The molecule has 1 unspecified atom stereocenters. The van der Waals surface area contributed by atoms with Crippen LogP contribution < -0.4 is 10.6 Å². The number of benzene rings is 1. The largest absolute Gasteiger partial charge is 0.507 e. The Kier molecular flexibility index (Phi) is 5.17. The Hall–Kier alpha value is -2.24. The molecule has 0 saturated heterocycles. The minimum absolute atomic E-state index is 0.250. The maximum Gasteiger partial charge on any atom is 0.339 e. The van der Waals surface area contributed by atoms with Gasteiger partial charge in [-0.2, -0.15) is 0 Å². The normalized spacial score (nSPS) is 11.7. The van der Waals surface area contributed by atoms with E-state index in [2.05, 4.69) is 10.6 Å². The number of aromatic carboxylic acids is 1. The molecule has 0 bridgehead atoms. The molecule has 0 aliphatic heterocycles. The zero-order valence-corrected chi connectivity index (χ0v) is 10.9. The molecule has 1 rings (SSSR count). The number of urea groups is 1. The first-order valence-corrected chi connectivity index (χ1v) is 6.05. The third-order valence-electron chi connectivity index (χ3n) is 2.79. The lowest BCUT2D eigenvalue weighted by Gasteiger charge is -2.11. The number of phenols is 1. The molecule has 6 heteroatoms. The van der Waals surface area contributed by atoms with Gasteiger partial charge >= 0.3 is 12.0 Å². The van der Waals surface area contributed by atoms with E-state index in [0.29, 0.717) is 18.2 Å². The Morgan fingerprint density at radius 3 is 2.63 bits per heavy atom. The smallest absolute Gasteiger partial charge is 0.339 e. The summed E-state index contributed by atoms with van der Waals surface area (Å²) in [5.41, 5.74) is 0.0663. The van der Waals surface area contributed by atoms with E-state index in [9.17, 15) is 14.7 Å². The summed E-state index contributed by atoms with van der Waals surface area (Å²) in [6.45, 7) is 4.60. The summed E-state index contributed by atoms with van der Waals surface area (Å²) in [6.07, 6.45) is 0.961. The van der Waals surface area contributed by atoms with Crippen molar-refractivity contribution in [3.05, 3.63) is 23.8 Å². The lowest BCUT2D eigenvalue weighted by atomic mass is 10.1. The van der Waals surface area contributed by atoms with Crippen LogP contribution in [0.5, 0.6) is 5.75 Å². The van der Waals surface area contributed by atoms with Gasteiger partial charge in [0.1, 0.15) is 11.3 Å². The van der Waals surface area contributed by atoms with Crippen LogP contribution in [0.4, 0.5) is 10.5 Å². The van der Waals surface area contributed by atoms with Gasteiger partial charge in [-0.3, -0.25) is 0 Å². The Bertz CT molecular complexity index is 474. The van der Waals surface area contributed by atoms with Crippen LogP contribution in [0.15, 0.2) is 18.2 Å². The van der Waals surface area contributed by atoms with E-state index in [1.165, 1.54) is 18.2 Å². The van der Waals surface area contributed by atoms with Crippen LogP contribution in [0.3, 0.4) is 0 Å². The highest BCUT2D eigenvalue weighted by Crippen LogP contribution is 2.21. The highest BCUT2D eigenvalue weighted by Gasteiger charge is 2.11. The van der Waals surface area contributed by atoms with Crippen molar-refractivity contribution < 1.29 is 19.8 Å². The van der Waals surface area contributed by atoms with Crippen molar-refractivity contribution in [1.82, 2.24) is 5.32 Å². The number of aromatic hydroxyl groups is 1. The van der Waals surface area contributed by atoms with Crippen molar-refractivity contribution in [2.45, 2.75) is 20.3 Å². The lowest BCUT2D eigenvalue weighted by Crippen LogP contribution is -2.32. The minimum atomic E-state index is -1.25. The number of amides is 2. The number of nitrogens with one attached hydrogen (secondary N) is 2. The molecule has 0 fully saturated rings. The Labute approximate surface area is 111 Å². The SMILES string of the molecule is CCC(C)CNC(=O)Nc1ccc(O)c(C(=O)O)c1. The van der Waals surface area contributed by atoms with Gasteiger partial charge in [0.05, 0.1) is 0 Å². The number of carbonyl (C=O) groups is 2. The van der Waals surface area contributed by atoms with Crippen molar-refractivity contribution in [2.75, 3.05) is 11.9 Å². The zero-order valence-electron chi connectivity index (χ0n) is 10.9. The van der Waals surface area contributed by atoms with E-state index in [4.69, 9.17) is 5.11 Å². The first-order chi connectivity index (χ1) is 8.93. The summed E-state index contributed by atoms with van der Waals surface area (Å²) in [7, 11) is 0. The molecule has 6 nitrogen and oxygen atoms in total. The highest BCUT2D eigenvalue weighted by atomic mass is 16.4. The maximum absolute atomic E-state index is 11.6. The molecule has 0 aliphatic rings. The summed E-state index contributed by atoms with van der Waals surface area (Å²) in [5, 5.41) is 23.4. The number of anilines is 1. The van der Waals surface area contributed by atoms with Gasteiger partial charge in [-0.15, -0.1) is 0 Å². The predicted octanol–water partition coefficient (Wildman–Crippen LogP) is 2.26. The van der Waals surface area contributed by atoms with Crippen LogP contribution in [0.1, 0.15) is 30.6 Å². The number of hydrogen-bond donors (Lipinski definition) is 4. The second-order valence-corrected chi connectivity index (χ2v) is 4.39. The average molecular weight is 266 g/mol. The number of rotatable bonds is 5. The van der Waals surface area contributed by atoms with Crippen molar-refractivity contribution in [1.29, 1.82) is 0 Å². The van der Waals surface area contributed by atoms with Crippen LogP contribution in [-0.4, -0.2) is 28.8 Å². The Morgan fingerprint density at radius 1 is 1.37 bits per heavy atom. The Morgan fingerprint density at radius 2 is 2.05 bits per heavy atom. The van der Waals surface area contributed by atoms with Crippen LogP contribution in [0, 0.1) is 5.92 Å². The van der Waals surface area contributed by atoms with Crippen LogP contribution in [0.25, 0.3) is 0 Å². The van der Waals surface area contributed by atoms with Gasteiger partial charge < -0.3 is 20.8 Å². The van der Waals surface area contributed by atoms with Gasteiger partial charge in [0.15, 0.2) is 0 Å². The van der Waals surface area contributed by atoms with E-state index < -0.39 is 12.0 Å². The summed E-state index contributed by atoms with van der Waals surface area (Å²) >= 11 is 0. The van der Waals surface area contributed by atoms with Gasteiger partial charge in [0.25, 0.3) is 0 Å². The number of hydrogen-bond acceptors (Lipinski definition) is 3. The molecule has 1 aromatic rings.